The lowest BCUT2D eigenvalue weighted by atomic mass is 9.97. The van der Waals surface area contributed by atoms with Gasteiger partial charge >= 0.3 is 6.18 Å². The van der Waals surface area contributed by atoms with Crippen molar-refractivity contribution in [1.29, 1.82) is 0 Å². The first-order valence-corrected chi connectivity index (χ1v) is 11.3. The standard InChI is InChI=1S/C22H25F3N8O4/c1-21(2,3)10-32-15-6-13(30-14-8-26-12(7-27-14)17(34)28-9-22(23,24)25)31-33(15)20(37)16(19(32)36)18(35)29-11-4-5-11/h6-8,11,37H,4-5,9-10H2,1-3H3,(H,28,34)(H,29,35)(H,27,30,31). The minimum absolute atomic E-state index is 0.0370. The molecule has 4 rings (SSSR count). The quantitative estimate of drug-likeness (QED) is 0.367. The van der Waals surface area contributed by atoms with Crippen molar-refractivity contribution in [2.75, 3.05) is 11.9 Å². The Hall–Kier alpha value is -4.17. The third-order valence-electron chi connectivity index (χ3n) is 5.21. The molecule has 3 aromatic heterocycles. The number of hydrogen-bond acceptors (Lipinski definition) is 8. The fourth-order valence-corrected chi connectivity index (χ4v) is 3.44. The summed E-state index contributed by atoms with van der Waals surface area (Å²) in [6.45, 7) is 4.43. The first-order valence-electron chi connectivity index (χ1n) is 11.3. The summed E-state index contributed by atoms with van der Waals surface area (Å²) in [5, 5.41) is 22.2. The van der Waals surface area contributed by atoms with Crippen LogP contribution in [0.1, 0.15) is 54.5 Å². The third kappa shape index (κ3) is 6.16. The SMILES string of the molecule is CC(C)(C)Cn1c(=O)c(C(=O)NC2CC2)c(O)n2nc(Nc3cnc(C(=O)NCC(F)(F)F)cn3)cc12. The Morgan fingerprint density at radius 3 is 2.38 bits per heavy atom. The van der Waals surface area contributed by atoms with Gasteiger partial charge in [0.2, 0.25) is 5.88 Å². The van der Waals surface area contributed by atoms with E-state index in [-0.39, 0.29) is 41.0 Å². The smallest absolute Gasteiger partial charge is 0.405 e. The van der Waals surface area contributed by atoms with Crippen LogP contribution >= 0.6 is 0 Å². The lowest BCUT2D eigenvalue weighted by molar-refractivity contribution is -0.123. The molecule has 198 valence electrons. The van der Waals surface area contributed by atoms with Gasteiger partial charge in [-0.1, -0.05) is 20.8 Å². The zero-order valence-electron chi connectivity index (χ0n) is 20.2. The lowest BCUT2D eigenvalue weighted by Gasteiger charge is -2.21. The molecule has 0 saturated heterocycles. The van der Waals surface area contributed by atoms with Crippen LogP contribution in [-0.2, 0) is 6.54 Å². The topological polar surface area (TPSA) is 156 Å². The Kier molecular flexibility index (Phi) is 6.56. The Bertz CT molecular complexity index is 1400. The number of aromatic hydroxyl groups is 1. The van der Waals surface area contributed by atoms with Crippen molar-refractivity contribution in [3.63, 3.8) is 0 Å². The highest BCUT2D eigenvalue weighted by Crippen LogP contribution is 2.25. The third-order valence-corrected chi connectivity index (χ3v) is 5.21. The highest BCUT2D eigenvalue weighted by atomic mass is 19.4. The number of carbonyl (C=O) groups is 2. The molecule has 0 atom stereocenters. The predicted molar refractivity (Wildman–Crippen MR) is 125 cm³/mol. The van der Waals surface area contributed by atoms with E-state index in [1.165, 1.54) is 10.6 Å². The summed E-state index contributed by atoms with van der Waals surface area (Å²) < 4.78 is 39.3. The summed E-state index contributed by atoms with van der Waals surface area (Å²) in [7, 11) is 0. The van der Waals surface area contributed by atoms with E-state index in [9.17, 15) is 32.7 Å². The van der Waals surface area contributed by atoms with Crippen LogP contribution in [0.5, 0.6) is 5.88 Å². The van der Waals surface area contributed by atoms with Crippen molar-refractivity contribution >= 4 is 29.1 Å². The van der Waals surface area contributed by atoms with Gasteiger partial charge in [-0.3, -0.25) is 19.0 Å². The Morgan fingerprint density at radius 1 is 1.11 bits per heavy atom. The number of nitrogens with zero attached hydrogens (tertiary/aromatic N) is 5. The molecule has 1 aliphatic rings. The highest BCUT2D eigenvalue weighted by molar-refractivity contribution is 5.96. The number of amides is 2. The average molecular weight is 522 g/mol. The molecule has 0 radical (unpaired) electrons. The fraction of sp³-hybridized carbons (Fsp3) is 0.455. The lowest BCUT2D eigenvalue weighted by Crippen LogP contribution is -2.37. The molecule has 4 N–H and O–H groups in total. The van der Waals surface area contributed by atoms with E-state index in [2.05, 4.69) is 25.7 Å². The summed E-state index contributed by atoms with van der Waals surface area (Å²) >= 11 is 0. The van der Waals surface area contributed by atoms with Gasteiger partial charge in [0.15, 0.2) is 11.4 Å². The summed E-state index contributed by atoms with van der Waals surface area (Å²) in [5.41, 5.74) is -1.57. The van der Waals surface area contributed by atoms with Gasteiger partial charge in [0.1, 0.15) is 23.7 Å². The van der Waals surface area contributed by atoms with Crippen LogP contribution < -0.4 is 21.5 Å². The number of carbonyl (C=O) groups excluding carboxylic acids is 2. The van der Waals surface area contributed by atoms with Gasteiger partial charge in [-0.2, -0.15) is 17.7 Å². The molecule has 12 nitrogen and oxygen atoms in total. The second-order valence-electron chi connectivity index (χ2n) is 9.91. The molecule has 15 heteroatoms. The minimum atomic E-state index is -4.56. The van der Waals surface area contributed by atoms with E-state index in [0.29, 0.717) is 0 Å². The normalized spacial score (nSPS) is 14.0. The maximum atomic E-state index is 13.3. The zero-order valence-corrected chi connectivity index (χ0v) is 20.2. The molecule has 0 spiro atoms. The van der Waals surface area contributed by atoms with Crippen molar-refractivity contribution in [2.24, 2.45) is 5.41 Å². The van der Waals surface area contributed by atoms with E-state index in [4.69, 9.17) is 0 Å². The maximum Gasteiger partial charge on any atom is 0.405 e. The van der Waals surface area contributed by atoms with E-state index in [1.54, 1.807) is 5.32 Å². The van der Waals surface area contributed by atoms with Crippen LogP contribution in [-0.4, -0.2) is 59.8 Å². The number of halogens is 3. The van der Waals surface area contributed by atoms with Gasteiger partial charge in [-0.05, 0) is 18.3 Å². The molecule has 0 unspecified atom stereocenters. The molecule has 0 aromatic carbocycles. The van der Waals surface area contributed by atoms with Crippen LogP contribution in [0.25, 0.3) is 5.65 Å². The zero-order chi connectivity index (χ0) is 27.1. The van der Waals surface area contributed by atoms with Crippen LogP contribution in [0.2, 0.25) is 0 Å². The number of hydrogen-bond donors (Lipinski definition) is 4. The molecule has 0 bridgehead atoms. The number of anilines is 2. The van der Waals surface area contributed by atoms with Gasteiger partial charge in [-0.15, -0.1) is 5.10 Å². The molecule has 3 heterocycles. The Balaban J connectivity index is 1.64. The molecule has 1 fully saturated rings. The van der Waals surface area contributed by atoms with Gasteiger partial charge in [0, 0.05) is 18.7 Å². The summed E-state index contributed by atoms with van der Waals surface area (Å²) in [6, 6.07) is 1.42. The molecule has 1 saturated carbocycles. The Morgan fingerprint density at radius 2 is 1.81 bits per heavy atom. The average Bonchev–Trinajstić information content (AvgIpc) is 3.50. The summed E-state index contributed by atoms with van der Waals surface area (Å²) in [4.78, 5) is 45.6. The number of nitrogens with one attached hydrogen (secondary N) is 3. The van der Waals surface area contributed by atoms with Crippen molar-refractivity contribution in [2.45, 2.75) is 52.4 Å². The summed E-state index contributed by atoms with van der Waals surface area (Å²) in [6.07, 6.45) is -0.874. The summed E-state index contributed by atoms with van der Waals surface area (Å²) in [5.74, 6) is -2.14. The number of fused-ring (bicyclic) bond motifs is 1. The first kappa shape index (κ1) is 25.9. The van der Waals surface area contributed by atoms with Gasteiger partial charge in [0.25, 0.3) is 17.4 Å². The molecular weight excluding hydrogens is 497 g/mol. The van der Waals surface area contributed by atoms with Crippen LogP contribution in [0.3, 0.4) is 0 Å². The van der Waals surface area contributed by atoms with Crippen LogP contribution in [0, 0.1) is 5.41 Å². The van der Waals surface area contributed by atoms with Crippen molar-refractivity contribution in [3.8, 4) is 5.88 Å². The molecule has 37 heavy (non-hydrogen) atoms. The highest BCUT2D eigenvalue weighted by Gasteiger charge is 2.31. The number of rotatable bonds is 7. The molecule has 0 aliphatic heterocycles. The van der Waals surface area contributed by atoms with Gasteiger partial charge in [-0.25, -0.2) is 9.97 Å². The predicted octanol–water partition coefficient (Wildman–Crippen LogP) is 1.97. The van der Waals surface area contributed by atoms with E-state index >= 15 is 0 Å². The fourth-order valence-electron chi connectivity index (χ4n) is 3.44. The van der Waals surface area contributed by atoms with Crippen molar-refractivity contribution < 1.29 is 27.9 Å². The number of alkyl halides is 3. The second kappa shape index (κ2) is 9.37. The monoisotopic (exact) mass is 522 g/mol. The minimum Gasteiger partial charge on any atom is -0.492 e. The first-order chi connectivity index (χ1) is 17.2. The molecule has 1 aliphatic carbocycles. The van der Waals surface area contributed by atoms with E-state index < -0.39 is 41.5 Å². The number of aromatic nitrogens is 5. The van der Waals surface area contributed by atoms with Crippen molar-refractivity contribution in [1.82, 2.24) is 34.8 Å². The Labute approximate surface area is 207 Å². The molecule has 3 aromatic rings. The van der Waals surface area contributed by atoms with E-state index in [1.807, 2.05) is 20.8 Å². The van der Waals surface area contributed by atoms with Gasteiger partial charge < -0.3 is 21.1 Å². The van der Waals surface area contributed by atoms with Crippen LogP contribution in [0.15, 0.2) is 23.3 Å². The second-order valence-corrected chi connectivity index (χ2v) is 9.91. The largest absolute Gasteiger partial charge is 0.492 e. The van der Waals surface area contributed by atoms with Crippen LogP contribution in [0.4, 0.5) is 24.8 Å². The van der Waals surface area contributed by atoms with Crippen molar-refractivity contribution in [3.05, 3.63) is 40.1 Å². The molecule has 2 amide bonds. The van der Waals surface area contributed by atoms with E-state index in [0.717, 1.165) is 29.8 Å². The van der Waals surface area contributed by atoms with Gasteiger partial charge in [0.05, 0.1) is 12.4 Å². The maximum absolute atomic E-state index is 13.3. The molecular formula is C22H25F3N8O4.